The fraction of sp³-hybridized carbons (Fsp3) is 0.267. The van der Waals surface area contributed by atoms with Crippen LogP contribution in [-0.2, 0) is 11.1 Å². The van der Waals surface area contributed by atoms with Gasteiger partial charge in [0.2, 0.25) is 0 Å². The van der Waals surface area contributed by atoms with Gasteiger partial charge in [-0.3, -0.25) is 0 Å². The first kappa shape index (κ1) is 13.5. The molecule has 0 saturated carbocycles. The number of fused-ring (bicyclic) bond motifs is 1. The highest BCUT2D eigenvalue weighted by atomic mass is 16.5. The van der Waals surface area contributed by atoms with Crippen molar-refractivity contribution in [1.82, 2.24) is 0 Å². The molecular formula is C15H15BO3. The van der Waals surface area contributed by atoms with E-state index in [9.17, 15) is 4.79 Å². The predicted octanol–water partition coefficient (Wildman–Crippen LogP) is 2.69. The number of carbonyl (C=O) groups is 1. The van der Waals surface area contributed by atoms with E-state index in [1.807, 2.05) is 18.2 Å². The zero-order valence-corrected chi connectivity index (χ0v) is 11.1. The molecule has 4 heteroatoms. The van der Waals surface area contributed by atoms with Crippen LogP contribution in [0.4, 0.5) is 0 Å². The number of esters is 1. The molecule has 19 heavy (non-hydrogen) atoms. The van der Waals surface area contributed by atoms with E-state index >= 15 is 0 Å². The maximum Gasteiger partial charge on any atom is 0.338 e. The third kappa shape index (κ3) is 2.73. The summed E-state index contributed by atoms with van der Waals surface area (Å²) in [6.07, 6.45) is 0.460. The molecule has 3 nitrogen and oxygen atoms in total. The highest BCUT2D eigenvalue weighted by Crippen LogP contribution is 2.28. The van der Waals surface area contributed by atoms with Gasteiger partial charge in [-0.05, 0) is 24.4 Å². The van der Waals surface area contributed by atoms with Crippen LogP contribution >= 0.6 is 0 Å². The van der Waals surface area contributed by atoms with Crippen molar-refractivity contribution >= 4 is 24.6 Å². The highest BCUT2D eigenvalue weighted by Gasteiger charge is 2.11. The Labute approximate surface area is 113 Å². The molecule has 0 aliphatic heterocycles. The quantitative estimate of drug-likeness (QED) is 0.621. The minimum atomic E-state index is -0.346. The van der Waals surface area contributed by atoms with Gasteiger partial charge in [-0.15, -0.1) is 0 Å². The first-order chi connectivity index (χ1) is 9.19. The lowest BCUT2D eigenvalue weighted by Gasteiger charge is -2.10. The first-order valence-electron chi connectivity index (χ1n) is 6.17. The molecule has 0 spiro atoms. The van der Waals surface area contributed by atoms with Gasteiger partial charge < -0.3 is 9.47 Å². The largest absolute Gasteiger partial charge is 0.496 e. The molecule has 0 atom stereocenters. The average molecular weight is 254 g/mol. The van der Waals surface area contributed by atoms with Crippen molar-refractivity contribution in [2.24, 2.45) is 0 Å². The summed E-state index contributed by atoms with van der Waals surface area (Å²) in [5.74, 6) is 0.310. The van der Waals surface area contributed by atoms with Gasteiger partial charge in [0.1, 0.15) is 5.75 Å². The van der Waals surface area contributed by atoms with Crippen molar-refractivity contribution in [3.8, 4) is 5.75 Å². The number of carbonyl (C=O) groups excluding carboxylic acids is 1. The van der Waals surface area contributed by atoms with Gasteiger partial charge in [-0.2, -0.15) is 0 Å². The van der Waals surface area contributed by atoms with Gasteiger partial charge in [0.15, 0.2) is 0 Å². The molecule has 96 valence electrons. The summed E-state index contributed by atoms with van der Waals surface area (Å²) in [4.78, 5) is 11.8. The van der Waals surface area contributed by atoms with E-state index in [4.69, 9.17) is 17.3 Å². The van der Waals surface area contributed by atoms with Crippen molar-refractivity contribution in [1.29, 1.82) is 0 Å². The third-order valence-electron chi connectivity index (χ3n) is 2.95. The number of rotatable bonds is 4. The topological polar surface area (TPSA) is 35.5 Å². The van der Waals surface area contributed by atoms with E-state index in [1.54, 1.807) is 26.2 Å². The van der Waals surface area contributed by atoms with Crippen molar-refractivity contribution in [3.63, 3.8) is 0 Å². The number of ether oxygens (including phenoxy) is 2. The van der Waals surface area contributed by atoms with Gasteiger partial charge in [-0.25, -0.2) is 4.79 Å². The monoisotopic (exact) mass is 254 g/mol. The fourth-order valence-corrected chi connectivity index (χ4v) is 2.01. The SMILES string of the molecule is [B]Cc1ccc2c(OC)cc(C(=O)OCC)cc2c1. The standard InChI is InChI=1S/C15H15BO3/c1-3-19-15(17)12-7-11-6-10(9-16)4-5-13(11)14(8-12)18-2/h4-8H,3,9H2,1-2H3. The molecule has 0 aromatic heterocycles. The summed E-state index contributed by atoms with van der Waals surface area (Å²) in [5, 5.41) is 1.87. The van der Waals surface area contributed by atoms with Crippen LogP contribution in [0.15, 0.2) is 30.3 Å². The summed E-state index contributed by atoms with van der Waals surface area (Å²) < 4.78 is 10.3. The van der Waals surface area contributed by atoms with Gasteiger partial charge in [0, 0.05) is 5.39 Å². The van der Waals surface area contributed by atoms with E-state index in [0.29, 0.717) is 24.2 Å². The lowest BCUT2D eigenvalue weighted by molar-refractivity contribution is 0.0526. The van der Waals surface area contributed by atoms with Crippen LogP contribution < -0.4 is 4.74 Å². The van der Waals surface area contributed by atoms with Gasteiger partial charge in [0.05, 0.1) is 27.1 Å². The second-order valence-corrected chi connectivity index (χ2v) is 4.16. The normalized spacial score (nSPS) is 10.4. The van der Waals surface area contributed by atoms with Crippen LogP contribution in [0, 0.1) is 0 Å². The Morgan fingerprint density at radius 3 is 2.68 bits per heavy atom. The van der Waals surface area contributed by atoms with E-state index in [2.05, 4.69) is 0 Å². The van der Waals surface area contributed by atoms with Crippen molar-refractivity contribution in [2.75, 3.05) is 13.7 Å². The molecular weight excluding hydrogens is 239 g/mol. The Morgan fingerprint density at radius 2 is 2.05 bits per heavy atom. The Bertz CT molecular complexity index is 608. The molecule has 0 N–H and O–H groups in total. The first-order valence-corrected chi connectivity index (χ1v) is 6.17. The van der Waals surface area contributed by atoms with Crippen LogP contribution in [0.3, 0.4) is 0 Å². The number of benzene rings is 2. The van der Waals surface area contributed by atoms with E-state index < -0.39 is 0 Å². The fourth-order valence-electron chi connectivity index (χ4n) is 2.01. The van der Waals surface area contributed by atoms with Gasteiger partial charge in [-0.1, -0.05) is 30.1 Å². The molecule has 2 radical (unpaired) electrons. The summed E-state index contributed by atoms with van der Waals surface area (Å²) in [7, 11) is 7.22. The molecule has 2 aromatic carbocycles. The van der Waals surface area contributed by atoms with Crippen LogP contribution in [0.5, 0.6) is 5.75 Å². The van der Waals surface area contributed by atoms with E-state index in [-0.39, 0.29) is 5.97 Å². The zero-order chi connectivity index (χ0) is 13.8. The second-order valence-electron chi connectivity index (χ2n) is 4.16. The number of methoxy groups -OCH3 is 1. The molecule has 0 amide bonds. The van der Waals surface area contributed by atoms with Crippen LogP contribution in [-0.4, -0.2) is 27.5 Å². The smallest absolute Gasteiger partial charge is 0.338 e. The lowest BCUT2D eigenvalue weighted by Crippen LogP contribution is -2.05. The Hall–Kier alpha value is -1.97. The minimum Gasteiger partial charge on any atom is -0.496 e. The third-order valence-corrected chi connectivity index (χ3v) is 2.95. The maximum atomic E-state index is 11.8. The molecule has 0 heterocycles. The molecule has 0 aliphatic carbocycles. The van der Waals surface area contributed by atoms with Crippen LogP contribution in [0.25, 0.3) is 10.8 Å². The molecule has 2 aromatic rings. The van der Waals surface area contributed by atoms with Gasteiger partial charge in [0.25, 0.3) is 0 Å². The molecule has 2 rings (SSSR count). The summed E-state index contributed by atoms with van der Waals surface area (Å²) in [5.41, 5.74) is 1.50. The summed E-state index contributed by atoms with van der Waals surface area (Å²) >= 11 is 0. The number of hydrogen-bond donors (Lipinski definition) is 0. The molecule has 0 fully saturated rings. The van der Waals surface area contributed by atoms with Crippen LogP contribution in [0.1, 0.15) is 22.8 Å². The minimum absolute atomic E-state index is 0.346. The maximum absolute atomic E-state index is 11.8. The number of hydrogen-bond acceptors (Lipinski definition) is 3. The van der Waals surface area contributed by atoms with Crippen molar-refractivity contribution in [3.05, 3.63) is 41.5 Å². The van der Waals surface area contributed by atoms with Crippen molar-refractivity contribution < 1.29 is 14.3 Å². The average Bonchev–Trinajstić information content (AvgIpc) is 2.45. The summed E-state index contributed by atoms with van der Waals surface area (Å²) in [6.45, 7) is 2.13. The summed E-state index contributed by atoms with van der Waals surface area (Å²) in [6, 6.07) is 9.36. The lowest BCUT2D eigenvalue weighted by atomic mass is 9.94. The van der Waals surface area contributed by atoms with Gasteiger partial charge >= 0.3 is 5.97 Å². The van der Waals surface area contributed by atoms with Crippen LogP contribution in [0.2, 0.25) is 0 Å². The zero-order valence-electron chi connectivity index (χ0n) is 11.1. The predicted molar refractivity (Wildman–Crippen MR) is 75.9 cm³/mol. The Kier molecular flexibility index (Phi) is 4.10. The molecule has 0 bridgehead atoms. The van der Waals surface area contributed by atoms with E-state index in [0.717, 1.165) is 16.3 Å². The Morgan fingerprint density at radius 1 is 1.26 bits per heavy atom. The molecule has 0 unspecified atom stereocenters. The Balaban J connectivity index is 2.59. The van der Waals surface area contributed by atoms with Crippen molar-refractivity contribution in [2.45, 2.75) is 13.2 Å². The second kappa shape index (κ2) is 5.78. The molecule has 0 aliphatic rings. The molecule has 0 saturated heterocycles. The van der Waals surface area contributed by atoms with E-state index in [1.165, 1.54) is 0 Å². The highest BCUT2D eigenvalue weighted by molar-refractivity contribution is 6.08.